The Balaban J connectivity index is 1.44. The Morgan fingerprint density at radius 3 is 2.26 bits per heavy atom. The van der Waals surface area contributed by atoms with E-state index in [1.807, 2.05) is 24.3 Å². The molecule has 0 unspecified atom stereocenters. The standard InChI is InChI=1S/C27H22Br2FN3O2/c28-23-15-19(16-24(29)26(23)35-18-20-6-4-5-9-25(20)30)14-21(17-31)27(34)33-12-10-32(11-13-33)22-7-2-1-3-8-22/h1-9,14-16H,10-13,18H2/b21-14-. The van der Waals surface area contributed by atoms with Crippen LogP contribution in [0.25, 0.3) is 6.08 Å². The number of piperazine rings is 1. The molecule has 0 bridgehead atoms. The third-order valence-corrected chi connectivity index (χ3v) is 6.88. The number of nitriles is 1. The molecule has 0 spiro atoms. The van der Waals surface area contributed by atoms with Crippen LogP contribution in [0.2, 0.25) is 0 Å². The molecule has 3 aromatic rings. The van der Waals surface area contributed by atoms with Gasteiger partial charge in [0.25, 0.3) is 5.91 Å². The third-order valence-electron chi connectivity index (χ3n) is 5.70. The molecule has 1 aliphatic heterocycles. The van der Waals surface area contributed by atoms with E-state index < -0.39 is 0 Å². The number of carbonyl (C=O) groups excluding carboxylic acids is 1. The fraction of sp³-hybridized carbons (Fsp3) is 0.185. The molecule has 178 valence electrons. The molecule has 35 heavy (non-hydrogen) atoms. The summed E-state index contributed by atoms with van der Waals surface area (Å²) in [6.07, 6.45) is 1.57. The van der Waals surface area contributed by atoms with E-state index in [4.69, 9.17) is 4.74 Å². The predicted molar refractivity (Wildman–Crippen MR) is 141 cm³/mol. The van der Waals surface area contributed by atoms with Gasteiger partial charge in [0, 0.05) is 37.4 Å². The average molecular weight is 599 g/mol. The molecule has 1 fully saturated rings. The molecular formula is C27H22Br2FN3O2. The Morgan fingerprint density at radius 2 is 1.63 bits per heavy atom. The van der Waals surface area contributed by atoms with Crippen LogP contribution < -0.4 is 9.64 Å². The number of halogens is 3. The second-order valence-electron chi connectivity index (χ2n) is 7.98. The maximum Gasteiger partial charge on any atom is 0.264 e. The molecule has 8 heteroatoms. The molecule has 0 aromatic heterocycles. The second-order valence-corrected chi connectivity index (χ2v) is 9.69. The molecule has 1 heterocycles. The first kappa shape index (κ1) is 25.0. The summed E-state index contributed by atoms with van der Waals surface area (Å²) in [5, 5.41) is 9.69. The summed E-state index contributed by atoms with van der Waals surface area (Å²) in [5.74, 6) is -0.110. The molecule has 4 rings (SSSR count). The van der Waals surface area contributed by atoms with Gasteiger partial charge in [0.2, 0.25) is 0 Å². The van der Waals surface area contributed by atoms with Crippen LogP contribution in [-0.4, -0.2) is 37.0 Å². The molecule has 0 N–H and O–H groups in total. The van der Waals surface area contributed by atoms with Gasteiger partial charge in [-0.15, -0.1) is 0 Å². The highest BCUT2D eigenvalue weighted by Crippen LogP contribution is 2.36. The first-order valence-corrected chi connectivity index (χ1v) is 12.6. The van der Waals surface area contributed by atoms with Crippen LogP contribution in [0.5, 0.6) is 5.75 Å². The lowest BCUT2D eigenvalue weighted by molar-refractivity contribution is -0.126. The summed E-state index contributed by atoms with van der Waals surface area (Å²) in [5.41, 5.74) is 2.30. The minimum absolute atomic E-state index is 0.0654. The molecule has 1 amide bonds. The number of hydrogen-bond donors (Lipinski definition) is 0. The van der Waals surface area contributed by atoms with E-state index >= 15 is 0 Å². The molecule has 0 radical (unpaired) electrons. The number of amides is 1. The highest BCUT2D eigenvalue weighted by atomic mass is 79.9. The van der Waals surface area contributed by atoms with Gasteiger partial charge >= 0.3 is 0 Å². The van der Waals surface area contributed by atoms with Crippen LogP contribution >= 0.6 is 31.9 Å². The molecule has 5 nitrogen and oxygen atoms in total. The minimum Gasteiger partial charge on any atom is -0.486 e. The Kier molecular flexibility index (Phi) is 8.21. The molecule has 1 aliphatic rings. The van der Waals surface area contributed by atoms with Crippen molar-refractivity contribution in [2.75, 3.05) is 31.1 Å². The zero-order valence-electron chi connectivity index (χ0n) is 18.8. The van der Waals surface area contributed by atoms with Crippen molar-refractivity contribution in [2.45, 2.75) is 6.61 Å². The van der Waals surface area contributed by atoms with Gasteiger partial charge in [0.05, 0.1) is 8.95 Å². The zero-order chi connectivity index (χ0) is 24.8. The van der Waals surface area contributed by atoms with Crippen LogP contribution in [0.1, 0.15) is 11.1 Å². The van der Waals surface area contributed by atoms with Gasteiger partial charge in [-0.3, -0.25) is 4.79 Å². The third kappa shape index (κ3) is 6.11. The maximum absolute atomic E-state index is 13.9. The van der Waals surface area contributed by atoms with Crippen molar-refractivity contribution in [1.29, 1.82) is 5.26 Å². The largest absolute Gasteiger partial charge is 0.486 e. The lowest BCUT2D eigenvalue weighted by atomic mass is 10.1. The van der Waals surface area contributed by atoms with Crippen molar-refractivity contribution in [3.05, 3.63) is 98.2 Å². The van der Waals surface area contributed by atoms with Gasteiger partial charge in [-0.1, -0.05) is 36.4 Å². The van der Waals surface area contributed by atoms with Gasteiger partial charge in [-0.25, -0.2) is 4.39 Å². The van der Waals surface area contributed by atoms with E-state index in [0.717, 1.165) is 5.69 Å². The smallest absolute Gasteiger partial charge is 0.264 e. The van der Waals surface area contributed by atoms with Crippen LogP contribution in [0.3, 0.4) is 0 Å². The van der Waals surface area contributed by atoms with Crippen molar-refractivity contribution >= 4 is 49.5 Å². The highest BCUT2D eigenvalue weighted by Gasteiger charge is 2.24. The number of carbonyl (C=O) groups is 1. The van der Waals surface area contributed by atoms with E-state index in [9.17, 15) is 14.4 Å². The molecule has 3 aromatic carbocycles. The van der Waals surface area contributed by atoms with E-state index in [1.54, 1.807) is 41.3 Å². The van der Waals surface area contributed by atoms with Gasteiger partial charge in [-0.2, -0.15) is 5.26 Å². The summed E-state index contributed by atoms with van der Waals surface area (Å²) in [4.78, 5) is 17.0. The van der Waals surface area contributed by atoms with Gasteiger partial charge in [-0.05, 0) is 73.8 Å². The van der Waals surface area contributed by atoms with Crippen LogP contribution in [0.15, 0.2) is 81.2 Å². The Labute approximate surface area is 220 Å². The SMILES string of the molecule is N#C/C(=C/c1cc(Br)c(OCc2ccccc2F)c(Br)c1)C(=O)N1CCN(c2ccccc2)CC1. The van der Waals surface area contributed by atoms with Crippen LogP contribution in [0.4, 0.5) is 10.1 Å². The maximum atomic E-state index is 13.9. The second kappa shape index (κ2) is 11.5. The molecule has 1 saturated heterocycles. The monoisotopic (exact) mass is 597 g/mol. The molecule has 0 aliphatic carbocycles. The van der Waals surface area contributed by atoms with E-state index in [0.29, 0.717) is 52.0 Å². The Hall–Kier alpha value is -3.15. The number of rotatable bonds is 6. The number of ether oxygens (including phenoxy) is 1. The number of hydrogen-bond acceptors (Lipinski definition) is 4. The number of anilines is 1. The van der Waals surface area contributed by atoms with E-state index in [2.05, 4.69) is 48.9 Å². The first-order chi connectivity index (χ1) is 17.0. The average Bonchev–Trinajstić information content (AvgIpc) is 2.88. The van der Waals surface area contributed by atoms with Crippen molar-refractivity contribution < 1.29 is 13.9 Å². The Morgan fingerprint density at radius 1 is 1.00 bits per heavy atom. The summed E-state index contributed by atoms with van der Waals surface area (Å²) in [7, 11) is 0. The quantitative estimate of drug-likeness (QED) is 0.251. The normalized spacial score (nSPS) is 13.9. The van der Waals surface area contributed by atoms with E-state index in [1.165, 1.54) is 6.07 Å². The van der Waals surface area contributed by atoms with Gasteiger partial charge in [0.1, 0.15) is 29.8 Å². The number of para-hydroxylation sites is 1. The predicted octanol–water partition coefficient (Wildman–Crippen LogP) is 6.19. The van der Waals surface area contributed by atoms with Crippen LogP contribution in [-0.2, 0) is 11.4 Å². The molecule has 0 saturated carbocycles. The fourth-order valence-corrected chi connectivity index (χ4v) is 5.30. The summed E-state index contributed by atoms with van der Waals surface area (Å²) in [6, 6.07) is 22.1. The van der Waals surface area contributed by atoms with E-state index in [-0.39, 0.29) is 23.9 Å². The fourth-order valence-electron chi connectivity index (χ4n) is 3.85. The van der Waals surface area contributed by atoms with Crippen molar-refractivity contribution in [3.63, 3.8) is 0 Å². The Bertz CT molecular complexity index is 1260. The zero-order valence-corrected chi connectivity index (χ0v) is 21.9. The van der Waals surface area contributed by atoms with Gasteiger partial charge in [0.15, 0.2) is 0 Å². The number of nitrogens with zero attached hydrogens (tertiary/aromatic N) is 3. The molecule has 0 atom stereocenters. The molecular weight excluding hydrogens is 577 g/mol. The van der Waals surface area contributed by atoms with Crippen molar-refractivity contribution in [2.24, 2.45) is 0 Å². The summed E-state index contributed by atoms with van der Waals surface area (Å²) < 4.78 is 20.9. The van der Waals surface area contributed by atoms with Crippen molar-refractivity contribution in [1.82, 2.24) is 4.90 Å². The summed E-state index contributed by atoms with van der Waals surface area (Å²) in [6.45, 7) is 2.57. The first-order valence-electron chi connectivity index (χ1n) is 11.0. The lowest BCUT2D eigenvalue weighted by Gasteiger charge is -2.36. The van der Waals surface area contributed by atoms with Crippen LogP contribution in [0, 0.1) is 17.1 Å². The highest BCUT2D eigenvalue weighted by molar-refractivity contribution is 9.11. The lowest BCUT2D eigenvalue weighted by Crippen LogP contribution is -2.49. The number of benzene rings is 3. The van der Waals surface area contributed by atoms with Gasteiger partial charge < -0.3 is 14.5 Å². The van der Waals surface area contributed by atoms with Crippen molar-refractivity contribution in [3.8, 4) is 11.8 Å². The summed E-state index contributed by atoms with van der Waals surface area (Å²) >= 11 is 6.97. The minimum atomic E-state index is -0.332. The topological polar surface area (TPSA) is 56.6 Å².